The van der Waals surface area contributed by atoms with E-state index in [1.165, 1.54) is 12.8 Å². The van der Waals surface area contributed by atoms with Gasteiger partial charge in [-0.15, -0.1) is 0 Å². The molecule has 0 aliphatic heterocycles. The Morgan fingerprint density at radius 1 is 0.372 bits per heavy atom. The van der Waals surface area contributed by atoms with Gasteiger partial charge in [0.2, 0.25) is 0 Å². The Labute approximate surface area is 255 Å². The topological polar surface area (TPSA) is 0 Å². The number of halogens is 9. The second-order valence-corrected chi connectivity index (χ2v) is 15.2. The van der Waals surface area contributed by atoms with E-state index in [2.05, 4.69) is 20.8 Å². The van der Waals surface area contributed by atoms with Crippen LogP contribution in [0.1, 0.15) is 127 Å². The highest BCUT2D eigenvalue weighted by molar-refractivity contribution is 4.84. The Hall–Kier alpha value is -0.630. The van der Waals surface area contributed by atoms with Crippen molar-refractivity contribution in [3.63, 3.8) is 0 Å². The second-order valence-electron chi connectivity index (χ2n) is 15.2. The number of hydrogen-bond acceptors (Lipinski definition) is 0. The van der Waals surface area contributed by atoms with E-state index in [1.54, 1.807) is 13.8 Å². The maximum Gasteiger partial charge on any atom is 0.392 e. The summed E-state index contributed by atoms with van der Waals surface area (Å²) >= 11 is 0. The lowest BCUT2D eigenvalue weighted by atomic mass is 9.73. The van der Waals surface area contributed by atoms with Gasteiger partial charge in [-0.3, -0.25) is 0 Å². The van der Waals surface area contributed by atoms with Crippen molar-refractivity contribution in [3.8, 4) is 0 Å². The van der Waals surface area contributed by atoms with Gasteiger partial charge in [0.15, 0.2) is 0 Å². The van der Waals surface area contributed by atoms with Crippen molar-refractivity contribution in [2.75, 3.05) is 0 Å². The van der Waals surface area contributed by atoms with Gasteiger partial charge in [0.1, 0.15) is 0 Å². The molecule has 0 amide bonds. The van der Waals surface area contributed by atoms with Crippen LogP contribution in [0.5, 0.6) is 0 Å². The molecule has 11 atom stereocenters. The zero-order valence-electron chi connectivity index (χ0n) is 27.9. The average molecular weight is 639 g/mol. The van der Waals surface area contributed by atoms with Crippen LogP contribution in [0.25, 0.3) is 0 Å². The van der Waals surface area contributed by atoms with Crippen molar-refractivity contribution in [1.82, 2.24) is 0 Å². The normalized spacial score (nSPS) is 40.3. The van der Waals surface area contributed by atoms with Crippen molar-refractivity contribution < 1.29 is 39.5 Å². The van der Waals surface area contributed by atoms with Crippen LogP contribution in [-0.4, -0.2) is 18.5 Å². The molecular formula is C34H59F9. The Bertz CT molecular complexity index is 751. The van der Waals surface area contributed by atoms with Gasteiger partial charge in [-0.25, -0.2) is 0 Å². The number of alkyl halides is 9. The van der Waals surface area contributed by atoms with E-state index in [0.29, 0.717) is 25.7 Å². The molecule has 9 unspecified atom stereocenters. The molecule has 4 aliphatic carbocycles. The molecule has 258 valence electrons. The molecular weight excluding hydrogens is 579 g/mol. The molecule has 0 bridgehead atoms. The Kier molecular flexibility index (Phi) is 15.8. The standard InChI is InChI=1S/2C9H15F3.C8H13F3.C8H16/c1-6-3-7(2)5-8(4-6)9(10,11)12;1-6-4-3-5-8(7(6)2)9(10,11)12;1-5-3-6(2)7(4-5)8(9,10)11;1-6-4-5-7(2)8(6)3/h2*6-8H,3-5H2,1-2H3;5-7H,3-4H2,1-2H3;6-8H,4-5H2,1-3H3/t6-,7?,8?;6?,7-,8?;;/m01../s1. The summed E-state index contributed by atoms with van der Waals surface area (Å²) in [5, 5.41) is 0. The zero-order chi connectivity index (χ0) is 33.5. The van der Waals surface area contributed by atoms with Crippen LogP contribution in [-0.2, 0) is 0 Å². The molecule has 4 saturated carbocycles. The first kappa shape index (κ1) is 40.4. The number of hydrogen-bond donors (Lipinski definition) is 0. The minimum Gasteiger partial charge on any atom is -0.171 e. The minimum atomic E-state index is -3.98. The molecule has 0 aromatic carbocycles. The van der Waals surface area contributed by atoms with Gasteiger partial charge in [0.05, 0.1) is 17.8 Å². The van der Waals surface area contributed by atoms with Crippen molar-refractivity contribution in [1.29, 1.82) is 0 Å². The second kappa shape index (κ2) is 16.8. The summed E-state index contributed by atoms with van der Waals surface area (Å²) in [5.74, 6) is 0.395. The highest BCUT2D eigenvalue weighted by Gasteiger charge is 2.47. The predicted molar refractivity (Wildman–Crippen MR) is 157 cm³/mol. The third-order valence-electron chi connectivity index (χ3n) is 11.2. The molecule has 43 heavy (non-hydrogen) atoms. The highest BCUT2D eigenvalue weighted by Crippen LogP contribution is 2.46. The fourth-order valence-corrected chi connectivity index (χ4v) is 7.89. The zero-order valence-corrected chi connectivity index (χ0v) is 27.9. The first-order chi connectivity index (χ1) is 19.4. The Morgan fingerprint density at radius 3 is 1.07 bits per heavy atom. The van der Waals surface area contributed by atoms with E-state index >= 15 is 0 Å². The van der Waals surface area contributed by atoms with Crippen LogP contribution in [0.15, 0.2) is 0 Å². The van der Waals surface area contributed by atoms with E-state index < -0.39 is 36.3 Å². The van der Waals surface area contributed by atoms with Crippen LogP contribution in [0.3, 0.4) is 0 Å². The van der Waals surface area contributed by atoms with Gasteiger partial charge in [-0.05, 0) is 91.8 Å². The fraction of sp³-hybridized carbons (Fsp3) is 1.00. The van der Waals surface area contributed by atoms with Crippen molar-refractivity contribution >= 4 is 0 Å². The van der Waals surface area contributed by atoms with Crippen molar-refractivity contribution in [2.24, 2.45) is 71.0 Å². The predicted octanol–water partition coefficient (Wildman–Crippen LogP) is 13.2. The number of rotatable bonds is 0. The maximum atomic E-state index is 12.4. The molecule has 0 spiro atoms. The van der Waals surface area contributed by atoms with E-state index in [-0.39, 0.29) is 35.5 Å². The molecule has 4 rings (SSSR count). The largest absolute Gasteiger partial charge is 0.392 e. The molecule has 0 heterocycles. The van der Waals surface area contributed by atoms with E-state index in [4.69, 9.17) is 0 Å². The van der Waals surface area contributed by atoms with Gasteiger partial charge >= 0.3 is 18.5 Å². The summed E-state index contributed by atoms with van der Waals surface area (Å²) in [7, 11) is 0. The van der Waals surface area contributed by atoms with Crippen LogP contribution >= 0.6 is 0 Å². The van der Waals surface area contributed by atoms with Crippen molar-refractivity contribution in [2.45, 2.75) is 145 Å². The molecule has 0 saturated heterocycles. The third-order valence-corrected chi connectivity index (χ3v) is 11.2. The van der Waals surface area contributed by atoms with Gasteiger partial charge < -0.3 is 0 Å². The van der Waals surface area contributed by atoms with Crippen LogP contribution < -0.4 is 0 Å². The summed E-state index contributed by atoms with van der Waals surface area (Å²) in [5.41, 5.74) is 0. The van der Waals surface area contributed by atoms with Gasteiger partial charge in [-0.2, -0.15) is 39.5 Å². The summed E-state index contributed by atoms with van der Waals surface area (Å²) < 4.78 is 111. The van der Waals surface area contributed by atoms with Crippen LogP contribution in [0.4, 0.5) is 39.5 Å². The van der Waals surface area contributed by atoms with Gasteiger partial charge in [0, 0.05) is 0 Å². The van der Waals surface area contributed by atoms with Crippen LogP contribution in [0, 0.1) is 71.0 Å². The van der Waals surface area contributed by atoms with E-state index in [9.17, 15) is 39.5 Å². The molecule has 9 heteroatoms. The molecule has 0 nitrogen and oxygen atoms in total. The highest BCUT2D eigenvalue weighted by atomic mass is 19.4. The first-order valence-corrected chi connectivity index (χ1v) is 16.6. The lowest BCUT2D eigenvalue weighted by molar-refractivity contribution is -0.199. The first-order valence-electron chi connectivity index (χ1n) is 16.6. The maximum absolute atomic E-state index is 12.4. The molecule has 4 fully saturated rings. The van der Waals surface area contributed by atoms with Gasteiger partial charge in [0.25, 0.3) is 0 Å². The summed E-state index contributed by atoms with van der Waals surface area (Å²) in [6.45, 7) is 18.2. The molecule has 0 radical (unpaired) electrons. The summed E-state index contributed by atoms with van der Waals surface area (Å²) in [4.78, 5) is 0. The minimum absolute atomic E-state index is 0.176. The Morgan fingerprint density at radius 2 is 0.791 bits per heavy atom. The van der Waals surface area contributed by atoms with E-state index in [1.807, 2.05) is 27.7 Å². The average Bonchev–Trinajstić information content (AvgIpc) is 3.35. The quantitative estimate of drug-likeness (QED) is 0.232. The SMILES string of the molecule is CC1CC(C(F)(F)F)C[C@@H](C)C1.CC1CC(C)C(C(F)(F)F)C1.CC1CCC(C)C1C.CC1CCCC(C(F)(F)F)[C@@H]1C. The molecule has 0 aromatic rings. The molecule has 4 aliphatic rings. The third kappa shape index (κ3) is 13.7. The lowest BCUT2D eigenvalue weighted by Crippen LogP contribution is -2.35. The van der Waals surface area contributed by atoms with E-state index in [0.717, 1.165) is 43.4 Å². The molecule has 0 aromatic heterocycles. The lowest BCUT2D eigenvalue weighted by Gasteiger charge is -2.35. The molecule has 0 N–H and O–H groups in total. The van der Waals surface area contributed by atoms with Crippen molar-refractivity contribution in [3.05, 3.63) is 0 Å². The Balaban J connectivity index is 0.000000290. The fourth-order valence-electron chi connectivity index (χ4n) is 7.89. The van der Waals surface area contributed by atoms with Crippen LogP contribution in [0.2, 0.25) is 0 Å². The van der Waals surface area contributed by atoms with Gasteiger partial charge in [-0.1, -0.05) is 88.0 Å². The smallest absolute Gasteiger partial charge is 0.171 e. The summed E-state index contributed by atoms with van der Waals surface area (Å²) in [6.07, 6.45) is -4.33. The summed E-state index contributed by atoms with van der Waals surface area (Å²) in [6, 6.07) is 0. The monoisotopic (exact) mass is 638 g/mol.